The maximum absolute atomic E-state index is 9.10. The molecule has 0 spiro atoms. The van der Waals surface area contributed by atoms with Crippen molar-refractivity contribution in [1.82, 2.24) is 9.80 Å². The summed E-state index contributed by atoms with van der Waals surface area (Å²) >= 11 is 0. The molecule has 6 heteroatoms. The topological polar surface area (TPSA) is 81.1 Å². The van der Waals surface area contributed by atoms with Crippen molar-refractivity contribution in [2.24, 2.45) is 0 Å². The number of benzene rings is 1. The van der Waals surface area contributed by atoms with E-state index in [1.807, 2.05) is 0 Å². The molecule has 2 N–H and O–H groups in total. The second-order valence-electron chi connectivity index (χ2n) is 7.05. The van der Waals surface area contributed by atoms with E-state index in [0.717, 1.165) is 12.6 Å². The summed E-state index contributed by atoms with van der Waals surface area (Å²) < 4.78 is 0. The van der Waals surface area contributed by atoms with Crippen molar-refractivity contribution in [3.05, 3.63) is 35.9 Å². The Kier molecular flexibility index (Phi) is 8.58. The summed E-state index contributed by atoms with van der Waals surface area (Å²) in [4.78, 5) is 23.6. The zero-order valence-corrected chi connectivity index (χ0v) is 15.3. The molecule has 1 aliphatic carbocycles. The Balaban J connectivity index is 0.000000352. The summed E-state index contributed by atoms with van der Waals surface area (Å²) in [5, 5.41) is 14.8. The number of piperazine rings is 1. The van der Waals surface area contributed by atoms with Crippen LogP contribution in [0.2, 0.25) is 0 Å². The third kappa shape index (κ3) is 7.14. The number of carboxylic acids is 2. The summed E-state index contributed by atoms with van der Waals surface area (Å²) in [7, 11) is 0. The van der Waals surface area contributed by atoms with Crippen LogP contribution in [-0.4, -0.2) is 64.2 Å². The van der Waals surface area contributed by atoms with Gasteiger partial charge in [0.2, 0.25) is 0 Å². The summed E-state index contributed by atoms with van der Waals surface area (Å²) in [5.74, 6) is -3.65. The Labute approximate surface area is 155 Å². The second-order valence-corrected chi connectivity index (χ2v) is 7.05. The number of carbonyl (C=O) groups is 2. The molecule has 0 bridgehead atoms. The first-order valence-corrected chi connectivity index (χ1v) is 9.53. The van der Waals surface area contributed by atoms with Crippen LogP contribution in [0.15, 0.2) is 30.3 Å². The molecule has 144 valence electrons. The molecule has 2 aliphatic rings. The zero-order chi connectivity index (χ0) is 18.8. The molecule has 1 heterocycles. The minimum Gasteiger partial charge on any atom is -0.473 e. The Hall–Kier alpha value is -1.92. The molecule has 1 aromatic rings. The SMILES string of the molecule is O=C(O)C(=O)O.c1ccc(CN2CCN(C3CCCCCC3)CC2)cc1. The third-order valence-electron chi connectivity index (χ3n) is 5.18. The van der Waals surface area contributed by atoms with E-state index in [4.69, 9.17) is 19.8 Å². The fourth-order valence-corrected chi connectivity index (χ4v) is 3.75. The average molecular weight is 362 g/mol. The van der Waals surface area contributed by atoms with Gasteiger partial charge in [0.1, 0.15) is 0 Å². The van der Waals surface area contributed by atoms with Gasteiger partial charge in [-0.2, -0.15) is 0 Å². The van der Waals surface area contributed by atoms with E-state index in [1.54, 1.807) is 0 Å². The lowest BCUT2D eigenvalue weighted by molar-refractivity contribution is -0.159. The van der Waals surface area contributed by atoms with Crippen LogP contribution in [0, 0.1) is 0 Å². The van der Waals surface area contributed by atoms with Gasteiger partial charge < -0.3 is 10.2 Å². The molecule has 3 rings (SSSR count). The molecule has 26 heavy (non-hydrogen) atoms. The van der Waals surface area contributed by atoms with Gasteiger partial charge in [0.25, 0.3) is 0 Å². The molecule has 1 aliphatic heterocycles. The van der Waals surface area contributed by atoms with Crippen molar-refractivity contribution in [3.8, 4) is 0 Å². The molecule has 6 nitrogen and oxygen atoms in total. The van der Waals surface area contributed by atoms with Crippen molar-refractivity contribution >= 4 is 11.9 Å². The normalized spacial score (nSPS) is 19.8. The van der Waals surface area contributed by atoms with Crippen molar-refractivity contribution in [2.45, 2.75) is 51.1 Å². The highest BCUT2D eigenvalue weighted by atomic mass is 16.4. The van der Waals surface area contributed by atoms with Gasteiger partial charge >= 0.3 is 11.9 Å². The number of rotatable bonds is 3. The number of hydrogen-bond donors (Lipinski definition) is 2. The van der Waals surface area contributed by atoms with Crippen molar-refractivity contribution in [2.75, 3.05) is 26.2 Å². The lowest BCUT2D eigenvalue weighted by Gasteiger charge is -2.39. The lowest BCUT2D eigenvalue weighted by atomic mass is 10.1. The summed E-state index contributed by atoms with van der Waals surface area (Å²) in [6.07, 6.45) is 8.72. The quantitative estimate of drug-likeness (QED) is 0.636. The van der Waals surface area contributed by atoms with E-state index in [9.17, 15) is 0 Å². The van der Waals surface area contributed by atoms with Crippen LogP contribution in [0.1, 0.15) is 44.1 Å². The lowest BCUT2D eigenvalue weighted by Crippen LogP contribution is -2.49. The maximum atomic E-state index is 9.10. The molecular weight excluding hydrogens is 332 g/mol. The Morgan fingerprint density at radius 2 is 1.38 bits per heavy atom. The Morgan fingerprint density at radius 1 is 0.846 bits per heavy atom. The minimum absolute atomic E-state index is 0.886. The molecular formula is C20H30N2O4. The van der Waals surface area contributed by atoms with Crippen molar-refractivity contribution in [1.29, 1.82) is 0 Å². The fraction of sp³-hybridized carbons (Fsp3) is 0.600. The van der Waals surface area contributed by atoms with Crippen LogP contribution in [-0.2, 0) is 16.1 Å². The average Bonchev–Trinajstić information content (AvgIpc) is 2.93. The van der Waals surface area contributed by atoms with Crippen LogP contribution < -0.4 is 0 Å². The van der Waals surface area contributed by atoms with E-state index in [2.05, 4.69) is 40.1 Å². The molecule has 2 fully saturated rings. The Morgan fingerprint density at radius 3 is 1.88 bits per heavy atom. The van der Waals surface area contributed by atoms with Gasteiger partial charge in [-0.15, -0.1) is 0 Å². The van der Waals surface area contributed by atoms with Crippen LogP contribution in [0.25, 0.3) is 0 Å². The van der Waals surface area contributed by atoms with Crippen molar-refractivity contribution in [3.63, 3.8) is 0 Å². The van der Waals surface area contributed by atoms with E-state index in [0.29, 0.717) is 0 Å². The van der Waals surface area contributed by atoms with Gasteiger partial charge in [-0.1, -0.05) is 56.0 Å². The predicted octanol–water partition coefficient (Wildman–Crippen LogP) is 2.68. The monoisotopic (exact) mass is 362 g/mol. The van der Waals surface area contributed by atoms with E-state index in [-0.39, 0.29) is 0 Å². The first-order chi connectivity index (χ1) is 12.6. The Bertz CT molecular complexity index is 536. The number of nitrogens with zero attached hydrogens (tertiary/aromatic N) is 2. The summed E-state index contributed by atoms with van der Waals surface area (Å²) in [6.45, 7) is 6.16. The smallest absolute Gasteiger partial charge is 0.414 e. The zero-order valence-electron chi connectivity index (χ0n) is 15.3. The molecule has 0 aromatic heterocycles. The highest BCUT2D eigenvalue weighted by Crippen LogP contribution is 2.23. The number of carboxylic acid groups (broad SMARTS) is 2. The number of hydrogen-bond acceptors (Lipinski definition) is 4. The maximum Gasteiger partial charge on any atom is 0.414 e. The van der Waals surface area contributed by atoms with Gasteiger partial charge in [0.05, 0.1) is 0 Å². The highest BCUT2D eigenvalue weighted by Gasteiger charge is 2.24. The summed E-state index contributed by atoms with van der Waals surface area (Å²) in [6, 6.07) is 11.8. The van der Waals surface area contributed by atoms with Gasteiger partial charge in [-0.25, -0.2) is 9.59 Å². The molecule has 0 atom stereocenters. The summed E-state index contributed by atoms with van der Waals surface area (Å²) in [5.41, 5.74) is 1.45. The molecule has 0 amide bonds. The standard InChI is InChI=1S/C18H28N2.C2H2O4/c1-2-7-11-18(10-6-1)20-14-12-19(13-15-20)16-17-8-4-3-5-9-17;3-1(4)2(5)6/h3-5,8-9,18H,1-2,6-7,10-16H2;(H,3,4)(H,5,6). The van der Waals surface area contributed by atoms with Gasteiger partial charge in [-0.05, 0) is 18.4 Å². The molecule has 1 saturated heterocycles. The molecule has 1 aromatic carbocycles. The first-order valence-electron chi connectivity index (χ1n) is 9.53. The van der Waals surface area contributed by atoms with Crippen LogP contribution in [0.4, 0.5) is 0 Å². The van der Waals surface area contributed by atoms with Gasteiger partial charge in [-0.3, -0.25) is 9.80 Å². The largest absolute Gasteiger partial charge is 0.473 e. The molecule has 0 unspecified atom stereocenters. The van der Waals surface area contributed by atoms with Crippen LogP contribution >= 0.6 is 0 Å². The highest BCUT2D eigenvalue weighted by molar-refractivity contribution is 6.27. The second kappa shape index (κ2) is 10.9. The fourth-order valence-electron chi connectivity index (χ4n) is 3.75. The molecule has 1 saturated carbocycles. The van der Waals surface area contributed by atoms with Gasteiger partial charge in [0, 0.05) is 38.8 Å². The van der Waals surface area contributed by atoms with Crippen LogP contribution in [0.5, 0.6) is 0 Å². The third-order valence-corrected chi connectivity index (χ3v) is 5.18. The van der Waals surface area contributed by atoms with Gasteiger partial charge in [0.15, 0.2) is 0 Å². The van der Waals surface area contributed by atoms with Crippen LogP contribution in [0.3, 0.4) is 0 Å². The number of aliphatic carboxylic acids is 2. The van der Waals surface area contributed by atoms with E-state index >= 15 is 0 Å². The van der Waals surface area contributed by atoms with Crippen molar-refractivity contribution < 1.29 is 19.8 Å². The predicted molar refractivity (Wildman–Crippen MR) is 100 cm³/mol. The minimum atomic E-state index is -1.82. The van der Waals surface area contributed by atoms with E-state index < -0.39 is 11.9 Å². The first kappa shape index (κ1) is 20.4. The molecule has 0 radical (unpaired) electrons. The van der Waals surface area contributed by atoms with E-state index in [1.165, 1.54) is 70.3 Å².